The Labute approximate surface area is 186 Å². The van der Waals surface area contributed by atoms with Crippen molar-refractivity contribution >= 4 is 45.5 Å². The van der Waals surface area contributed by atoms with Crippen LogP contribution in [0, 0.1) is 13.8 Å². The van der Waals surface area contributed by atoms with Crippen molar-refractivity contribution in [1.82, 2.24) is 4.98 Å². The summed E-state index contributed by atoms with van der Waals surface area (Å²) in [5.74, 6) is 2.91. The zero-order valence-corrected chi connectivity index (χ0v) is 17.9. The largest absolute Gasteiger partial charge is 0.454 e. The fourth-order valence-corrected chi connectivity index (χ4v) is 5.40. The summed E-state index contributed by atoms with van der Waals surface area (Å²) < 4.78 is 8.90. The highest BCUT2D eigenvalue weighted by Gasteiger charge is 2.41. The first-order chi connectivity index (χ1) is 15.7. The fourth-order valence-electron chi connectivity index (χ4n) is 5.40. The second-order valence-corrected chi connectivity index (χ2v) is 8.68. The average Bonchev–Trinajstić information content (AvgIpc) is 3.15. The first kappa shape index (κ1) is 17.7. The molecule has 0 bridgehead atoms. The number of rotatable bonds is 1. The molecule has 3 heterocycles. The predicted octanol–water partition coefficient (Wildman–Crippen LogP) is 3.74. The van der Waals surface area contributed by atoms with Crippen molar-refractivity contribution in [1.29, 1.82) is 0 Å². The molecule has 0 saturated carbocycles. The number of aryl methyl sites for hydroxylation is 2. The summed E-state index contributed by atoms with van der Waals surface area (Å²) in [6, 6.07) is 27.8. The maximum atomic E-state index is 6.60. The number of para-hydroxylation sites is 3. The van der Waals surface area contributed by atoms with Gasteiger partial charge in [-0.15, -0.1) is 0 Å². The molecule has 2 aliphatic rings. The van der Waals surface area contributed by atoms with Crippen molar-refractivity contribution in [2.75, 3.05) is 5.32 Å². The lowest BCUT2D eigenvalue weighted by Crippen LogP contribution is -2.58. The topological polar surface area (TPSA) is 40.9 Å². The first-order valence-corrected chi connectivity index (χ1v) is 11.0. The maximum absolute atomic E-state index is 6.60. The molecule has 7 rings (SSSR count). The van der Waals surface area contributed by atoms with E-state index in [0.717, 1.165) is 39.7 Å². The van der Waals surface area contributed by atoms with E-state index in [0.29, 0.717) is 0 Å². The van der Waals surface area contributed by atoms with Gasteiger partial charge in [-0.2, -0.15) is 4.57 Å². The molecule has 2 N–H and O–H groups in total. The molecule has 5 aromatic rings. The molecule has 4 aromatic carbocycles. The van der Waals surface area contributed by atoms with Crippen LogP contribution in [0.4, 0.5) is 11.4 Å². The van der Waals surface area contributed by atoms with Crippen LogP contribution in [0.15, 0.2) is 78.9 Å². The lowest BCUT2D eigenvalue weighted by atomic mass is 9.34. The lowest BCUT2D eigenvalue weighted by Gasteiger charge is -2.33. The predicted molar refractivity (Wildman–Crippen MR) is 130 cm³/mol. The van der Waals surface area contributed by atoms with Gasteiger partial charge in [-0.3, -0.25) is 0 Å². The molecule has 0 aliphatic carbocycles. The second-order valence-electron chi connectivity index (χ2n) is 8.68. The summed E-state index contributed by atoms with van der Waals surface area (Å²) in [5, 5.41) is 3.70. The van der Waals surface area contributed by atoms with Crippen molar-refractivity contribution in [2.45, 2.75) is 13.8 Å². The van der Waals surface area contributed by atoms with E-state index >= 15 is 0 Å². The van der Waals surface area contributed by atoms with E-state index in [-0.39, 0.29) is 6.71 Å². The molecule has 0 fully saturated rings. The van der Waals surface area contributed by atoms with Gasteiger partial charge in [-0.05, 0) is 41.6 Å². The average molecular weight is 414 g/mol. The van der Waals surface area contributed by atoms with E-state index in [4.69, 9.17) is 4.74 Å². The molecule has 0 radical (unpaired) electrons. The summed E-state index contributed by atoms with van der Waals surface area (Å²) in [5.41, 5.74) is 10.5. The van der Waals surface area contributed by atoms with Crippen molar-refractivity contribution in [3.63, 3.8) is 0 Å². The SMILES string of the molecule is Cc1ccccc1-[n+]1c(C)[nH]c2c3c4c(cc21)Nc1ccccc1B4c1ccccc1O3. The molecular formula is C27H21BN3O+. The minimum absolute atomic E-state index is 0.141. The van der Waals surface area contributed by atoms with Crippen LogP contribution < -0.4 is 31.0 Å². The lowest BCUT2D eigenvalue weighted by molar-refractivity contribution is -0.574. The highest BCUT2D eigenvalue weighted by Crippen LogP contribution is 2.37. The summed E-state index contributed by atoms with van der Waals surface area (Å²) in [6.45, 7) is 4.41. The summed E-state index contributed by atoms with van der Waals surface area (Å²) in [7, 11) is 0. The van der Waals surface area contributed by atoms with Crippen LogP contribution in [0.25, 0.3) is 16.7 Å². The second kappa shape index (κ2) is 6.27. The molecule has 0 spiro atoms. The number of imidazole rings is 1. The van der Waals surface area contributed by atoms with Gasteiger partial charge in [-0.1, -0.05) is 54.6 Å². The van der Waals surface area contributed by atoms with Gasteiger partial charge in [0.15, 0.2) is 11.3 Å². The number of nitrogens with zero attached hydrogens (tertiary/aromatic N) is 1. The highest BCUT2D eigenvalue weighted by molar-refractivity contribution is 6.99. The van der Waals surface area contributed by atoms with Gasteiger partial charge in [-0.25, -0.2) is 4.98 Å². The smallest absolute Gasteiger partial charge is 0.257 e. The molecular weight excluding hydrogens is 393 g/mol. The van der Waals surface area contributed by atoms with Gasteiger partial charge in [0.05, 0.1) is 0 Å². The third kappa shape index (κ3) is 2.25. The van der Waals surface area contributed by atoms with E-state index < -0.39 is 0 Å². The number of aromatic amines is 1. The van der Waals surface area contributed by atoms with Crippen LogP contribution in [-0.4, -0.2) is 11.7 Å². The number of nitrogens with one attached hydrogen (secondary N) is 2. The van der Waals surface area contributed by atoms with Crippen LogP contribution in [0.2, 0.25) is 0 Å². The standard InChI is InChI=1S/C27H20BN3O/c1-16-9-3-7-13-22(16)31-17(2)29-26-23(31)15-21-25-27(26)32-24-14-8-5-11-19(24)28(25)18-10-4-6-12-20(18)30-21/h3-15,30H,1-2H3/p+1. The Morgan fingerprint density at radius 1 is 0.812 bits per heavy atom. The normalized spacial score (nSPS) is 13.1. The van der Waals surface area contributed by atoms with Crippen molar-refractivity contribution in [3.8, 4) is 17.2 Å². The van der Waals surface area contributed by atoms with E-state index in [2.05, 4.69) is 102 Å². The van der Waals surface area contributed by atoms with Gasteiger partial charge in [0.25, 0.3) is 12.5 Å². The van der Waals surface area contributed by atoms with Crippen LogP contribution in [0.3, 0.4) is 0 Å². The number of ether oxygens (including phenoxy) is 1. The van der Waals surface area contributed by atoms with Crippen LogP contribution in [-0.2, 0) is 0 Å². The molecule has 152 valence electrons. The van der Waals surface area contributed by atoms with Gasteiger partial charge in [0.1, 0.15) is 11.4 Å². The molecule has 4 nitrogen and oxygen atoms in total. The van der Waals surface area contributed by atoms with E-state index in [1.165, 1.54) is 27.6 Å². The molecule has 5 heteroatoms. The molecule has 0 unspecified atom stereocenters. The van der Waals surface area contributed by atoms with Crippen LogP contribution >= 0.6 is 0 Å². The van der Waals surface area contributed by atoms with Gasteiger partial charge < -0.3 is 10.1 Å². The van der Waals surface area contributed by atoms with Gasteiger partial charge >= 0.3 is 0 Å². The van der Waals surface area contributed by atoms with Crippen molar-refractivity contribution < 1.29 is 9.30 Å². The summed E-state index contributed by atoms with van der Waals surface area (Å²) in [6.07, 6.45) is 0. The Morgan fingerprint density at radius 2 is 1.56 bits per heavy atom. The zero-order valence-electron chi connectivity index (χ0n) is 17.9. The molecule has 0 atom stereocenters. The number of aromatic nitrogens is 2. The quantitative estimate of drug-likeness (QED) is 0.318. The number of fused-ring (bicyclic) bond motifs is 6. The number of anilines is 2. The molecule has 1 aromatic heterocycles. The summed E-state index contributed by atoms with van der Waals surface area (Å²) in [4.78, 5) is 3.64. The van der Waals surface area contributed by atoms with E-state index in [9.17, 15) is 0 Å². The minimum Gasteiger partial charge on any atom is -0.454 e. The van der Waals surface area contributed by atoms with Gasteiger partial charge in [0, 0.05) is 29.8 Å². The third-order valence-electron chi connectivity index (χ3n) is 6.81. The molecule has 0 saturated heterocycles. The number of hydrogen-bond acceptors (Lipinski definition) is 2. The van der Waals surface area contributed by atoms with Crippen molar-refractivity contribution in [2.24, 2.45) is 0 Å². The van der Waals surface area contributed by atoms with Crippen LogP contribution in [0.1, 0.15) is 11.4 Å². The van der Waals surface area contributed by atoms with E-state index in [1.807, 2.05) is 6.07 Å². The first-order valence-electron chi connectivity index (χ1n) is 11.0. The number of H-pyrrole nitrogens is 1. The monoisotopic (exact) mass is 414 g/mol. The zero-order chi connectivity index (χ0) is 21.4. The Kier molecular flexibility index (Phi) is 3.46. The van der Waals surface area contributed by atoms with Crippen LogP contribution in [0.5, 0.6) is 11.5 Å². The van der Waals surface area contributed by atoms with E-state index in [1.54, 1.807) is 0 Å². The van der Waals surface area contributed by atoms with Gasteiger partial charge in [0.2, 0.25) is 5.52 Å². The molecule has 0 amide bonds. The summed E-state index contributed by atoms with van der Waals surface area (Å²) >= 11 is 0. The fraction of sp³-hybridized carbons (Fsp3) is 0.0741. The Hall–Kier alpha value is -3.99. The molecule has 2 aliphatic heterocycles. The third-order valence-corrected chi connectivity index (χ3v) is 6.81. The number of benzene rings is 4. The number of hydrogen-bond donors (Lipinski definition) is 2. The Balaban J connectivity index is 1.59. The minimum atomic E-state index is 0.141. The van der Waals surface area contributed by atoms with Crippen molar-refractivity contribution in [3.05, 3.63) is 90.3 Å². The maximum Gasteiger partial charge on any atom is 0.257 e. The molecule has 32 heavy (non-hydrogen) atoms. The Morgan fingerprint density at radius 3 is 2.44 bits per heavy atom. The highest BCUT2D eigenvalue weighted by atomic mass is 16.5. The Bertz CT molecular complexity index is 1560.